The molecule has 0 fully saturated rings. The number of hydrogen-bond acceptors (Lipinski definition) is 4. The van der Waals surface area contributed by atoms with E-state index in [1.165, 1.54) is 48.5 Å². The van der Waals surface area contributed by atoms with Crippen LogP contribution in [-0.2, 0) is 6.42 Å². The number of aliphatic hydroxyl groups excluding tert-OH is 1. The van der Waals surface area contributed by atoms with E-state index in [-0.39, 0.29) is 29.7 Å². The minimum atomic E-state index is -5.07. The predicted molar refractivity (Wildman–Crippen MR) is 127 cm³/mol. The van der Waals surface area contributed by atoms with Crippen molar-refractivity contribution in [3.63, 3.8) is 0 Å². The lowest BCUT2D eigenvalue weighted by molar-refractivity contribution is -0.274. The van der Waals surface area contributed by atoms with Gasteiger partial charge in [0, 0.05) is 11.3 Å². The van der Waals surface area contributed by atoms with E-state index in [1.54, 1.807) is 0 Å². The van der Waals surface area contributed by atoms with Gasteiger partial charge < -0.3 is 19.5 Å². The van der Waals surface area contributed by atoms with Crippen LogP contribution in [0.1, 0.15) is 23.6 Å². The molecule has 1 heterocycles. The maximum absolute atomic E-state index is 13.8. The summed E-state index contributed by atoms with van der Waals surface area (Å²) >= 11 is 0. The van der Waals surface area contributed by atoms with Crippen LogP contribution in [0.15, 0.2) is 66.7 Å². The van der Waals surface area contributed by atoms with Crippen LogP contribution in [0.5, 0.6) is 11.5 Å². The van der Waals surface area contributed by atoms with Gasteiger partial charge in [-0.25, -0.2) is 0 Å². The highest BCUT2D eigenvalue weighted by Crippen LogP contribution is 2.46. The van der Waals surface area contributed by atoms with Crippen LogP contribution in [0.4, 0.5) is 49.6 Å². The summed E-state index contributed by atoms with van der Waals surface area (Å²) in [5.41, 5.74) is 1.00. The average Bonchev–Trinajstić information content (AvgIpc) is 2.87. The van der Waals surface area contributed by atoms with Crippen molar-refractivity contribution >= 4 is 5.69 Å². The lowest BCUT2D eigenvalue weighted by Gasteiger charge is -2.41. The number of β-amino-alcohol motifs (C(OH)–C–C–N with tert-alkyl or cyclic N) is 1. The van der Waals surface area contributed by atoms with Gasteiger partial charge in [-0.1, -0.05) is 42.5 Å². The van der Waals surface area contributed by atoms with E-state index < -0.39 is 55.3 Å². The van der Waals surface area contributed by atoms with E-state index in [0.717, 1.165) is 23.1 Å². The van der Waals surface area contributed by atoms with Crippen molar-refractivity contribution < 1.29 is 58.5 Å². The van der Waals surface area contributed by atoms with E-state index in [1.807, 2.05) is 0 Å². The number of alkyl halides is 10. The second-order valence-corrected chi connectivity index (χ2v) is 9.15. The van der Waals surface area contributed by atoms with E-state index in [4.69, 9.17) is 0 Å². The van der Waals surface area contributed by atoms with E-state index in [2.05, 4.69) is 9.47 Å². The molecule has 0 aromatic heterocycles. The van der Waals surface area contributed by atoms with Crippen LogP contribution >= 0.6 is 0 Å². The average molecular weight is 597 g/mol. The molecule has 0 aliphatic carbocycles. The van der Waals surface area contributed by atoms with Gasteiger partial charge in [-0.15, -0.1) is 13.2 Å². The highest BCUT2D eigenvalue weighted by molar-refractivity contribution is 5.76. The first-order valence-corrected chi connectivity index (χ1v) is 12.0. The van der Waals surface area contributed by atoms with Crippen molar-refractivity contribution in [3.8, 4) is 22.6 Å². The molecule has 0 saturated carbocycles. The number of ether oxygens (including phenoxy) is 2. The van der Waals surface area contributed by atoms with Gasteiger partial charge in [0.15, 0.2) is 6.10 Å². The van der Waals surface area contributed by atoms with Crippen molar-refractivity contribution in [2.75, 3.05) is 11.4 Å². The maximum Gasteiger partial charge on any atom is 0.573 e. The Balaban J connectivity index is 1.80. The van der Waals surface area contributed by atoms with Crippen molar-refractivity contribution in [2.24, 2.45) is 0 Å². The Bertz CT molecular complexity index is 1360. The Labute approximate surface area is 226 Å². The number of nitrogens with zero attached hydrogens (tertiary/aromatic N) is 1. The van der Waals surface area contributed by atoms with Gasteiger partial charge in [0.25, 0.3) is 0 Å². The van der Waals surface area contributed by atoms with Crippen LogP contribution in [0, 0.1) is 0 Å². The summed E-state index contributed by atoms with van der Waals surface area (Å²) < 4.78 is 140. The molecule has 2 atom stereocenters. The molecule has 4 nitrogen and oxygen atoms in total. The molecular weight excluding hydrogens is 576 g/mol. The Hall–Kier alpha value is -3.68. The molecule has 222 valence electrons. The molecule has 0 spiro atoms. The molecule has 3 aromatic carbocycles. The topological polar surface area (TPSA) is 41.9 Å². The van der Waals surface area contributed by atoms with Crippen LogP contribution in [0.2, 0.25) is 0 Å². The lowest BCUT2D eigenvalue weighted by Crippen LogP contribution is -2.44. The fraction of sp³-hybridized carbons (Fsp3) is 0.333. The number of aliphatic hydroxyl groups is 1. The van der Waals surface area contributed by atoms with Crippen molar-refractivity contribution in [1.82, 2.24) is 0 Å². The van der Waals surface area contributed by atoms with Crippen LogP contribution in [0.3, 0.4) is 0 Å². The molecule has 0 amide bonds. The first kappa shape index (κ1) is 30.3. The zero-order chi connectivity index (χ0) is 30.2. The minimum absolute atomic E-state index is 0.0477. The molecule has 0 bridgehead atoms. The molecule has 4 rings (SSSR count). The number of fused-ring (bicyclic) bond motifs is 1. The van der Waals surface area contributed by atoms with Crippen LogP contribution < -0.4 is 14.4 Å². The lowest BCUT2D eigenvalue weighted by atomic mass is 9.86. The van der Waals surface area contributed by atoms with Crippen molar-refractivity contribution in [2.45, 2.75) is 50.1 Å². The molecule has 41 heavy (non-hydrogen) atoms. The quantitative estimate of drug-likeness (QED) is 0.268. The molecule has 1 N–H and O–H groups in total. The Morgan fingerprint density at radius 2 is 1.54 bits per heavy atom. The fourth-order valence-corrected chi connectivity index (χ4v) is 4.72. The number of hydrogen-bond donors (Lipinski definition) is 1. The van der Waals surface area contributed by atoms with Crippen LogP contribution in [0.25, 0.3) is 11.1 Å². The van der Waals surface area contributed by atoms with E-state index in [9.17, 15) is 49.0 Å². The SMILES string of the molecule is OC(CN1c2cccc(-c3cccc(OC(F)(F)F)c3)c2CCC1c1ccccc1OC(F)(F)C(F)F)C(F)(F)F. The summed E-state index contributed by atoms with van der Waals surface area (Å²) in [4.78, 5) is 1.10. The molecule has 1 aliphatic rings. The summed E-state index contributed by atoms with van der Waals surface area (Å²) in [6, 6.07) is 12.9. The monoisotopic (exact) mass is 597 g/mol. The summed E-state index contributed by atoms with van der Waals surface area (Å²) in [6.07, 6.45) is -22.0. The van der Waals surface area contributed by atoms with Crippen LogP contribution in [-0.4, -0.2) is 42.8 Å². The van der Waals surface area contributed by atoms with Gasteiger partial charge in [0.2, 0.25) is 0 Å². The van der Waals surface area contributed by atoms with Gasteiger partial charge in [-0.2, -0.15) is 30.7 Å². The standard InChI is InChI=1S/C27H21F10NO3/c28-24(29)26(33,34)41-22-10-2-1-7-19(22)21-12-11-18-17(15-5-3-6-16(13-15)40-27(35,36)37)8-4-9-20(18)38(21)14-23(39)25(30,31)32/h1-10,13,21,23-24,39H,11-12,14H2. The number of anilines is 1. The van der Waals surface area contributed by atoms with E-state index in [0.29, 0.717) is 11.1 Å². The second kappa shape index (κ2) is 11.3. The zero-order valence-electron chi connectivity index (χ0n) is 20.7. The summed E-state index contributed by atoms with van der Waals surface area (Å²) in [5, 5.41) is 9.95. The minimum Gasteiger partial charge on any atom is -0.428 e. The Morgan fingerprint density at radius 1 is 0.854 bits per heavy atom. The van der Waals surface area contributed by atoms with Gasteiger partial charge >= 0.3 is 25.1 Å². The second-order valence-electron chi connectivity index (χ2n) is 9.15. The number of para-hydroxylation sites is 1. The number of benzene rings is 3. The summed E-state index contributed by atoms with van der Waals surface area (Å²) in [7, 11) is 0. The van der Waals surface area contributed by atoms with Gasteiger partial charge in [-0.05, 0) is 53.8 Å². The van der Waals surface area contributed by atoms with Crippen molar-refractivity contribution in [3.05, 3.63) is 77.9 Å². The number of halogens is 10. The van der Waals surface area contributed by atoms with Crippen molar-refractivity contribution in [1.29, 1.82) is 0 Å². The smallest absolute Gasteiger partial charge is 0.428 e. The summed E-state index contributed by atoms with van der Waals surface area (Å²) in [5.74, 6) is -1.22. The molecule has 14 heteroatoms. The Morgan fingerprint density at radius 3 is 2.20 bits per heavy atom. The maximum atomic E-state index is 13.8. The number of rotatable bonds is 8. The first-order valence-electron chi connectivity index (χ1n) is 12.0. The van der Waals surface area contributed by atoms with Gasteiger partial charge in [-0.3, -0.25) is 0 Å². The third kappa shape index (κ3) is 6.97. The largest absolute Gasteiger partial charge is 0.573 e. The molecule has 3 aromatic rings. The Kier molecular flexibility index (Phi) is 8.35. The highest BCUT2D eigenvalue weighted by Gasteiger charge is 2.46. The third-order valence-corrected chi connectivity index (χ3v) is 6.41. The molecule has 0 saturated heterocycles. The van der Waals surface area contributed by atoms with Gasteiger partial charge in [0.05, 0.1) is 12.6 Å². The molecule has 1 aliphatic heterocycles. The first-order chi connectivity index (χ1) is 19.1. The molecule has 0 radical (unpaired) electrons. The highest BCUT2D eigenvalue weighted by atomic mass is 19.4. The summed E-state index contributed by atoms with van der Waals surface area (Å²) in [6.45, 7) is -1.07. The van der Waals surface area contributed by atoms with E-state index >= 15 is 0 Å². The normalized spacial score (nSPS) is 16.9. The zero-order valence-corrected chi connectivity index (χ0v) is 20.7. The molecule has 2 unspecified atom stereocenters. The fourth-order valence-electron chi connectivity index (χ4n) is 4.72. The predicted octanol–water partition coefficient (Wildman–Crippen LogP) is 7.91. The van der Waals surface area contributed by atoms with Gasteiger partial charge in [0.1, 0.15) is 11.5 Å². The third-order valence-electron chi connectivity index (χ3n) is 6.41. The molecular formula is C27H21F10NO3.